The van der Waals surface area contributed by atoms with Crippen molar-refractivity contribution in [1.82, 2.24) is 0 Å². The van der Waals surface area contributed by atoms with Gasteiger partial charge in [-0.15, -0.1) is 0 Å². The van der Waals surface area contributed by atoms with Gasteiger partial charge in [-0.2, -0.15) is 0 Å². The van der Waals surface area contributed by atoms with Crippen molar-refractivity contribution in [2.75, 3.05) is 6.61 Å². The molecule has 3 aliphatic carbocycles. The Morgan fingerprint density at radius 2 is 1.63 bits per heavy atom. The molecule has 2 bridgehead atoms. The topological polar surface area (TPSA) is 89.9 Å². The van der Waals surface area contributed by atoms with E-state index in [1.165, 1.54) is 12.8 Å². The lowest BCUT2D eigenvalue weighted by molar-refractivity contribution is -0.200. The van der Waals surface area contributed by atoms with Crippen molar-refractivity contribution in [2.24, 2.45) is 40.9 Å². The quantitative estimate of drug-likeness (QED) is 0.212. The lowest BCUT2D eigenvalue weighted by atomic mass is 9.58. The molecule has 0 saturated heterocycles. The molecule has 0 aliphatic heterocycles. The number of ether oxygens (including phenoxy) is 2. The molecule has 6 heteroatoms. The summed E-state index contributed by atoms with van der Waals surface area (Å²) in [5.74, 6) is 1.42. The molecule has 0 heterocycles. The summed E-state index contributed by atoms with van der Waals surface area (Å²) in [6, 6.07) is 0. The molecule has 0 aromatic rings. The summed E-state index contributed by atoms with van der Waals surface area (Å²) in [6.45, 7) is 14.4. The highest BCUT2D eigenvalue weighted by Crippen LogP contribution is 2.53. The number of ketones is 1. The number of fused-ring (bicyclic) bond motifs is 2. The van der Waals surface area contributed by atoms with E-state index in [1.54, 1.807) is 0 Å². The van der Waals surface area contributed by atoms with Crippen LogP contribution in [0.5, 0.6) is 0 Å². The van der Waals surface area contributed by atoms with Crippen LogP contribution in [0.4, 0.5) is 0 Å². The minimum Gasteiger partial charge on any atom is -0.459 e. The number of hydrogen-bond acceptors (Lipinski definition) is 6. The van der Waals surface area contributed by atoms with E-state index in [0.717, 1.165) is 63.7 Å². The zero-order valence-corrected chi connectivity index (χ0v) is 27.3. The Morgan fingerprint density at radius 3 is 2.17 bits per heavy atom. The molecule has 0 spiro atoms. The number of aliphatic hydroxyl groups excluding tert-OH is 1. The molecule has 0 amide bonds. The normalized spacial score (nSPS) is 35.7. The Labute approximate surface area is 250 Å². The van der Waals surface area contributed by atoms with E-state index in [1.807, 2.05) is 20.8 Å². The Kier molecular flexibility index (Phi) is 11.9. The van der Waals surface area contributed by atoms with Crippen LogP contribution in [-0.4, -0.2) is 40.6 Å². The zero-order chi connectivity index (χ0) is 30.4. The van der Waals surface area contributed by atoms with Gasteiger partial charge in [-0.1, -0.05) is 47.5 Å². The second-order valence-electron chi connectivity index (χ2n) is 14.7. The molecule has 3 saturated carbocycles. The molecule has 236 valence electrons. The van der Waals surface area contributed by atoms with E-state index in [0.29, 0.717) is 49.4 Å². The van der Waals surface area contributed by atoms with E-state index in [-0.39, 0.29) is 23.6 Å². The van der Waals surface area contributed by atoms with Crippen molar-refractivity contribution < 1.29 is 29.0 Å². The number of Topliss-reactive ketones (excluding diaryl/α,β-unsaturated/α-hetero) is 1. The number of carbonyl (C=O) groups excluding carboxylic acids is 3. The van der Waals surface area contributed by atoms with Gasteiger partial charge in [0.1, 0.15) is 17.8 Å². The molecule has 7 atom stereocenters. The average molecular weight is 577 g/mol. The van der Waals surface area contributed by atoms with Crippen molar-refractivity contribution in [3.63, 3.8) is 0 Å². The van der Waals surface area contributed by atoms with Crippen molar-refractivity contribution in [3.8, 4) is 0 Å². The molecule has 3 aliphatic rings. The minimum atomic E-state index is -0.745. The van der Waals surface area contributed by atoms with Crippen LogP contribution in [0.3, 0.4) is 0 Å². The van der Waals surface area contributed by atoms with Crippen molar-refractivity contribution in [1.29, 1.82) is 0 Å². The van der Waals surface area contributed by atoms with Gasteiger partial charge in [0.25, 0.3) is 0 Å². The third-order valence-corrected chi connectivity index (χ3v) is 11.7. The van der Waals surface area contributed by atoms with Crippen LogP contribution in [0.25, 0.3) is 0 Å². The summed E-state index contributed by atoms with van der Waals surface area (Å²) in [5.41, 5.74) is -1.69. The number of esters is 2. The van der Waals surface area contributed by atoms with Gasteiger partial charge in [0.05, 0.1) is 11.3 Å². The summed E-state index contributed by atoms with van der Waals surface area (Å²) in [6.07, 6.45) is 13.1. The van der Waals surface area contributed by atoms with Gasteiger partial charge in [-0.05, 0) is 120 Å². The fourth-order valence-electron chi connectivity index (χ4n) is 8.64. The third-order valence-electron chi connectivity index (χ3n) is 11.7. The average Bonchev–Trinajstić information content (AvgIpc) is 2.93. The maximum absolute atomic E-state index is 14.0. The second-order valence-corrected chi connectivity index (χ2v) is 14.7. The van der Waals surface area contributed by atoms with E-state index in [9.17, 15) is 14.4 Å². The van der Waals surface area contributed by atoms with Crippen molar-refractivity contribution >= 4 is 17.7 Å². The van der Waals surface area contributed by atoms with Gasteiger partial charge < -0.3 is 14.6 Å². The maximum Gasteiger partial charge on any atom is 0.312 e. The monoisotopic (exact) mass is 576 g/mol. The lowest BCUT2D eigenvalue weighted by Gasteiger charge is -2.53. The first-order valence-corrected chi connectivity index (χ1v) is 17.0. The lowest BCUT2D eigenvalue weighted by Crippen LogP contribution is -2.54. The summed E-state index contributed by atoms with van der Waals surface area (Å²) >= 11 is 0. The molecule has 0 aromatic carbocycles. The minimum absolute atomic E-state index is 0.130. The maximum atomic E-state index is 14.0. The summed E-state index contributed by atoms with van der Waals surface area (Å²) in [5, 5.41) is 9.14. The van der Waals surface area contributed by atoms with Crippen LogP contribution in [0, 0.1) is 40.9 Å². The van der Waals surface area contributed by atoms with Crippen LogP contribution in [-0.2, 0) is 23.9 Å². The summed E-state index contributed by atoms with van der Waals surface area (Å²) in [4.78, 5) is 39.5. The standard InChI is InChI=1S/C35H60O6/c1-8-25-18-28-13-12-14-29(19-25)34(28,7)41-32(39)33(6,10-3)22-27(9-2)31(38)40-35(11-4)20-24(5)17-26(21-35)15-16-30(37)23-36/h24-29,36H,8-23H2,1-7H3. The fraction of sp³-hybridized carbons (Fsp3) is 0.914. The Hall–Kier alpha value is -1.43. The van der Waals surface area contributed by atoms with Gasteiger partial charge in [-0.3, -0.25) is 14.4 Å². The Bertz CT molecular complexity index is 885. The summed E-state index contributed by atoms with van der Waals surface area (Å²) < 4.78 is 13.0. The van der Waals surface area contributed by atoms with Gasteiger partial charge in [-0.25, -0.2) is 0 Å². The predicted molar refractivity (Wildman–Crippen MR) is 162 cm³/mol. The molecular weight excluding hydrogens is 516 g/mol. The smallest absolute Gasteiger partial charge is 0.312 e. The van der Waals surface area contributed by atoms with Gasteiger partial charge in [0.2, 0.25) is 0 Å². The molecular formula is C35H60O6. The zero-order valence-electron chi connectivity index (χ0n) is 27.3. The van der Waals surface area contributed by atoms with E-state index in [2.05, 4.69) is 27.7 Å². The van der Waals surface area contributed by atoms with Gasteiger partial charge in [0, 0.05) is 6.42 Å². The molecule has 3 fully saturated rings. The van der Waals surface area contributed by atoms with Crippen LogP contribution in [0.2, 0.25) is 0 Å². The number of rotatable bonds is 14. The third kappa shape index (κ3) is 7.95. The number of hydrogen-bond donors (Lipinski definition) is 1. The first-order chi connectivity index (χ1) is 19.4. The first kappa shape index (κ1) is 34.1. The molecule has 6 nitrogen and oxygen atoms in total. The van der Waals surface area contributed by atoms with Crippen LogP contribution in [0.15, 0.2) is 0 Å². The van der Waals surface area contributed by atoms with Crippen molar-refractivity contribution in [3.05, 3.63) is 0 Å². The Morgan fingerprint density at radius 1 is 0.976 bits per heavy atom. The highest BCUT2D eigenvalue weighted by atomic mass is 16.6. The van der Waals surface area contributed by atoms with Crippen LogP contribution >= 0.6 is 0 Å². The molecule has 1 N–H and O–H groups in total. The molecule has 3 rings (SSSR count). The molecule has 41 heavy (non-hydrogen) atoms. The predicted octanol–water partition coefficient (Wildman–Crippen LogP) is 7.83. The largest absolute Gasteiger partial charge is 0.459 e. The highest BCUT2D eigenvalue weighted by molar-refractivity contribution is 5.80. The second kappa shape index (κ2) is 14.4. The molecule has 0 radical (unpaired) electrons. The number of aliphatic hydroxyl groups is 1. The van der Waals surface area contributed by atoms with E-state index >= 15 is 0 Å². The highest BCUT2D eigenvalue weighted by Gasteiger charge is 2.53. The number of carbonyl (C=O) groups is 3. The van der Waals surface area contributed by atoms with Crippen LogP contribution < -0.4 is 0 Å². The van der Waals surface area contributed by atoms with Gasteiger partial charge >= 0.3 is 11.9 Å². The van der Waals surface area contributed by atoms with E-state index < -0.39 is 23.2 Å². The van der Waals surface area contributed by atoms with Crippen LogP contribution in [0.1, 0.15) is 145 Å². The molecule has 0 aromatic heterocycles. The molecule has 7 unspecified atom stereocenters. The van der Waals surface area contributed by atoms with Gasteiger partial charge in [0.15, 0.2) is 5.78 Å². The fourth-order valence-corrected chi connectivity index (χ4v) is 8.64. The van der Waals surface area contributed by atoms with E-state index in [4.69, 9.17) is 14.6 Å². The first-order valence-electron chi connectivity index (χ1n) is 17.0. The SMILES string of the molecule is CCC1CC2CCCC(C1)C2(C)OC(=O)C(C)(CC)CC(CC)C(=O)OC1(CC)CC(C)CC(CCC(=O)CO)C1. The Balaban J connectivity index is 1.70. The summed E-state index contributed by atoms with van der Waals surface area (Å²) in [7, 11) is 0. The van der Waals surface area contributed by atoms with Crippen molar-refractivity contribution in [2.45, 2.75) is 156 Å².